The molecule has 8 heteroatoms. The Morgan fingerprint density at radius 2 is 0.765 bits per heavy atom. The van der Waals surface area contributed by atoms with Crippen LogP contribution in [0.3, 0.4) is 0 Å². The van der Waals surface area contributed by atoms with Gasteiger partial charge in [0.15, 0.2) is 0 Å². The van der Waals surface area contributed by atoms with Crippen LogP contribution in [0, 0.1) is 0 Å². The number of unbranched alkanes of at least 4 members (excludes halogenated alkanes) is 4. The Labute approximate surface area is 302 Å². The molecule has 0 spiro atoms. The van der Waals surface area contributed by atoms with E-state index in [2.05, 4.69) is 10.6 Å². The van der Waals surface area contributed by atoms with Gasteiger partial charge in [-0.3, -0.25) is 9.59 Å². The SMILES string of the molecule is CC(C)(Cc1ccccc1)OC(=O)c1ccccc1C(=O)NCCCCCCCNC(=O)c1ccccc1C(=O)OC(C)(C)Cc1ccccc1. The lowest BCUT2D eigenvalue weighted by Gasteiger charge is -2.26. The average Bonchev–Trinajstić information content (AvgIpc) is 3.10. The van der Waals surface area contributed by atoms with E-state index in [1.54, 1.807) is 48.5 Å². The molecule has 0 saturated heterocycles. The molecule has 0 aliphatic rings. The summed E-state index contributed by atoms with van der Waals surface area (Å²) in [7, 11) is 0. The lowest BCUT2D eigenvalue weighted by molar-refractivity contribution is -0.00197. The van der Waals surface area contributed by atoms with Crippen molar-refractivity contribution in [3.8, 4) is 0 Å². The normalized spacial score (nSPS) is 11.4. The molecule has 0 aliphatic heterocycles. The van der Waals surface area contributed by atoms with Crippen LogP contribution in [0.15, 0.2) is 109 Å². The lowest BCUT2D eigenvalue weighted by Crippen LogP contribution is -2.32. The van der Waals surface area contributed by atoms with Crippen molar-refractivity contribution < 1.29 is 28.7 Å². The summed E-state index contributed by atoms with van der Waals surface area (Å²) < 4.78 is 11.7. The van der Waals surface area contributed by atoms with Crippen molar-refractivity contribution in [2.24, 2.45) is 0 Å². The van der Waals surface area contributed by atoms with E-state index in [0.717, 1.165) is 43.2 Å². The second kappa shape index (κ2) is 18.7. The summed E-state index contributed by atoms with van der Waals surface area (Å²) in [5, 5.41) is 5.86. The molecule has 4 rings (SSSR count). The zero-order chi connectivity index (χ0) is 36.7. The number of benzene rings is 4. The molecule has 51 heavy (non-hydrogen) atoms. The van der Waals surface area contributed by atoms with Crippen LogP contribution >= 0.6 is 0 Å². The van der Waals surface area contributed by atoms with Gasteiger partial charge in [-0.2, -0.15) is 0 Å². The van der Waals surface area contributed by atoms with Gasteiger partial charge in [0.05, 0.1) is 22.3 Å². The zero-order valence-electron chi connectivity index (χ0n) is 30.2. The molecule has 0 radical (unpaired) electrons. The van der Waals surface area contributed by atoms with E-state index in [1.165, 1.54) is 0 Å². The summed E-state index contributed by atoms with van der Waals surface area (Å²) in [5.41, 5.74) is 1.69. The minimum Gasteiger partial charge on any atom is -0.456 e. The van der Waals surface area contributed by atoms with E-state index in [1.807, 2.05) is 88.4 Å². The Morgan fingerprint density at radius 1 is 0.451 bits per heavy atom. The van der Waals surface area contributed by atoms with Gasteiger partial charge in [0.25, 0.3) is 11.8 Å². The van der Waals surface area contributed by atoms with Crippen LogP contribution in [0.25, 0.3) is 0 Å². The highest BCUT2D eigenvalue weighted by Gasteiger charge is 2.28. The van der Waals surface area contributed by atoms with Crippen LogP contribution in [-0.4, -0.2) is 48.0 Å². The van der Waals surface area contributed by atoms with Crippen LogP contribution in [-0.2, 0) is 22.3 Å². The van der Waals surface area contributed by atoms with E-state index < -0.39 is 23.1 Å². The van der Waals surface area contributed by atoms with Gasteiger partial charge >= 0.3 is 11.9 Å². The molecule has 0 unspecified atom stereocenters. The van der Waals surface area contributed by atoms with Gasteiger partial charge < -0.3 is 20.1 Å². The number of nitrogens with one attached hydrogen (secondary N) is 2. The number of hydrogen-bond acceptors (Lipinski definition) is 6. The van der Waals surface area contributed by atoms with E-state index in [9.17, 15) is 19.2 Å². The van der Waals surface area contributed by atoms with Gasteiger partial charge in [-0.25, -0.2) is 9.59 Å². The van der Waals surface area contributed by atoms with Crippen molar-refractivity contribution in [3.63, 3.8) is 0 Å². The third kappa shape index (κ3) is 12.5. The molecule has 2 N–H and O–H groups in total. The smallest absolute Gasteiger partial charge is 0.339 e. The molecule has 268 valence electrons. The first-order valence-corrected chi connectivity index (χ1v) is 17.7. The minimum atomic E-state index is -0.747. The molecule has 0 heterocycles. The molecule has 0 aromatic heterocycles. The molecule has 4 aromatic rings. The first kappa shape index (κ1) is 38.6. The van der Waals surface area contributed by atoms with Crippen LogP contribution in [0.4, 0.5) is 0 Å². The fourth-order valence-corrected chi connectivity index (χ4v) is 5.95. The first-order valence-electron chi connectivity index (χ1n) is 17.7. The third-order valence-electron chi connectivity index (χ3n) is 8.39. The summed E-state index contributed by atoms with van der Waals surface area (Å²) in [4.78, 5) is 52.2. The standard InChI is InChI=1S/C43H50N2O6/c1-42(2,30-32-20-10-8-11-21-32)50-40(48)36-26-16-14-24-34(36)38(46)44-28-18-6-5-7-19-29-45-39(47)35-25-15-17-27-37(35)41(49)51-43(3,4)31-33-22-12-9-13-23-33/h8-17,20-27H,5-7,18-19,28-31H2,1-4H3,(H,44,46)(H,45,47). The highest BCUT2D eigenvalue weighted by atomic mass is 16.6. The van der Waals surface area contributed by atoms with Gasteiger partial charge in [0.1, 0.15) is 11.2 Å². The monoisotopic (exact) mass is 690 g/mol. The molecule has 0 aliphatic carbocycles. The van der Waals surface area contributed by atoms with Gasteiger partial charge in [-0.15, -0.1) is 0 Å². The van der Waals surface area contributed by atoms with Crippen LogP contribution < -0.4 is 10.6 Å². The lowest BCUT2D eigenvalue weighted by atomic mass is 9.98. The molecule has 0 fully saturated rings. The Kier molecular flexibility index (Phi) is 14.1. The van der Waals surface area contributed by atoms with Crippen molar-refractivity contribution >= 4 is 23.8 Å². The van der Waals surface area contributed by atoms with Gasteiger partial charge in [0, 0.05) is 25.9 Å². The number of rotatable bonds is 18. The van der Waals surface area contributed by atoms with Crippen molar-refractivity contribution in [1.82, 2.24) is 10.6 Å². The highest BCUT2D eigenvalue weighted by molar-refractivity contribution is 6.06. The van der Waals surface area contributed by atoms with E-state index in [4.69, 9.17) is 9.47 Å². The summed E-state index contributed by atoms with van der Waals surface area (Å²) in [5.74, 6) is -1.68. The topological polar surface area (TPSA) is 111 Å². The fraction of sp³-hybridized carbons (Fsp3) is 0.349. The maximum atomic E-state index is 13.1. The Bertz CT molecular complexity index is 1620. The maximum Gasteiger partial charge on any atom is 0.339 e. The Morgan fingerprint density at radius 3 is 1.14 bits per heavy atom. The molecule has 4 aromatic carbocycles. The summed E-state index contributed by atoms with van der Waals surface area (Å²) in [6, 6.07) is 33.1. The zero-order valence-corrected chi connectivity index (χ0v) is 30.2. The van der Waals surface area contributed by atoms with Crippen LogP contribution in [0.2, 0.25) is 0 Å². The molecule has 0 bridgehead atoms. The predicted molar refractivity (Wildman–Crippen MR) is 200 cm³/mol. The quantitative estimate of drug-likeness (QED) is 0.0806. The van der Waals surface area contributed by atoms with E-state index >= 15 is 0 Å². The number of carbonyl (C=O) groups is 4. The van der Waals surface area contributed by atoms with Crippen molar-refractivity contribution in [2.75, 3.05) is 13.1 Å². The average molecular weight is 691 g/mol. The number of esters is 2. The minimum absolute atomic E-state index is 0.240. The van der Waals surface area contributed by atoms with E-state index in [0.29, 0.717) is 37.1 Å². The third-order valence-corrected chi connectivity index (χ3v) is 8.39. The summed E-state index contributed by atoms with van der Waals surface area (Å²) >= 11 is 0. The Hall–Kier alpha value is -5.24. The number of amides is 2. The number of ether oxygens (including phenoxy) is 2. The summed E-state index contributed by atoms with van der Waals surface area (Å²) in [6.45, 7) is 8.41. The highest BCUT2D eigenvalue weighted by Crippen LogP contribution is 2.22. The molecule has 8 nitrogen and oxygen atoms in total. The Balaban J connectivity index is 1.14. The largest absolute Gasteiger partial charge is 0.456 e. The molecule has 2 amide bonds. The number of hydrogen-bond donors (Lipinski definition) is 2. The molecule has 0 atom stereocenters. The van der Waals surface area contributed by atoms with Crippen molar-refractivity contribution in [3.05, 3.63) is 143 Å². The van der Waals surface area contributed by atoms with Crippen molar-refractivity contribution in [2.45, 2.75) is 83.8 Å². The van der Waals surface area contributed by atoms with Crippen LogP contribution in [0.1, 0.15) is 112 Å². The molecular formula is C43H50N2O6. The fourth-order valence-electron chi connectivity index (χ4n) is 5.95. The first-order chi connectivity index (χ1) is 24.4. The van der Waals surface area contributed by atoms with Gasteiger partial charge in [-0.1, -0.05) is 104 Å². The molecule has 0 saturated carbocycles. The van der Waals surface area contributed by atoms with Crippen molar-refractivity contribution in [1.29, 1.82) is 0 Å². The number of carbonyl (C=O) groups excluding carboxylic acids is 4. The second-order valence-electron chi connectivity index (χ2n) is 14.0. The molecular weight excluding hydrogens is 640 g/mol. The van der Waals surface area contributed by atoms with Crippen LogP contribution in [0.5, 0.6) is 0 Å². The second-order valence-corrected chi connectivity index (χ2v) is 14.0. The predicted octanol–water partition coefficient (Wildman–Crippen LogP) is 8.15. The van der Waals surface area contributed by atoms with Gasteiger partial charge in [-0.05, 0) is 75.9 Å². The maximum absolute atomic E-state index is 13.1. The van der Waals surface area contributed by atoms with E-state index in [-0.39, 0.29) is 22.9 Å². The summed E-state index contributed by atoms with van der Waals surface area (Å²) in [6.07, 6.45) is 5.41. The van der Waals surface area contributed by atoms with Gasteiger partial charge in [0.2, 0.25) is 0 Å².